The largest absolute Gasteiger partial charge is 0.493 e. The lowest BCUT2D eigenvalue weighted by atomic mass is 9.94. The highest BCUT2D eigenvalue weighted by Crippen LogP contribution is 2.37. The highest BCUT2D eigenvalue weighted by atomic mass is 16.5. The maximum absolute atomic E-state index is 11.7. The molecule has 0 fully saturated rings. The molecule has 0 unspecified atom stereocenters. The molecule has 0 saturated carbocycles. The number of para-hydroxylation sites is 2. The average Bonchev–Trinajstić information content (AvgIpc) is 3.44. The monoisotopic (exact) mass is 454 g/mol. The summed E-state index contributed by atoms with van der Waals surface area (Å²) in [6, 6.07) is 21.3. The molecule has 0 bridgehead atoms. The van der Waals surface area contributed by atoms with Gasteiger partial charge in [0.15, 0.2) is 0 Å². The van der Waals surface area contributed by atoms with Gasteiger partial charge in [-0.05, 0) is 60.7 Å². The summed E-state index contributed by atoms with van der Waals surface area (Å²) in [5.74, 6) is 1.86. The fraction of sp³-hybridized carbons (Fsp3) is 0.310. The van der Waals surface area contributed by atoms with E-state index in [0.29, 0.717) is 13.0 Å². The van der Waals surface area contributed by atoms with Crippen LogP contribution in [0, 0.1) is 6.92 Å². The van der Waals surface area contributed by atoms with Crippen molar-refractivity contribution in [1.29, 1.82) is 0 Å². The van der Waals surface area contributed by atoms with Crippen LogP contribution in [0.4, 0.5) is 0 Å². The molecular weight excluding hydrogens is 424 g/mol. The minimum atomic E-state index is -0.196. The van der Waals surface area contributed by atoms with Crippen molar-refractivity contribution in [2.75, 3.05) is 13.7 Å². The van der Waals surface area contributed by atoms with E-state index in [4.69, 9.17) is 14.5 Å². The highest BCUT2D eigenvalue weighted by Gasteiger charge is 2.27. The van der Waals surface area contributed by atoms with Gasteiger partial charge in [0, 0.05) is 17.9 Å². The number of carbonyl (C=O) groups excluding carboxylic acids is 1. The van der Waals surface area contributed by atoms with Gasteiger partial charge >= 0.3 is 5.97 Å². The van der Waals surface area contributed by atoms with Crippen molar-refractivity contribution in [1.82, 2.24) is 9.55 Å². The molecule has 4 aromatic rings. The van der Waals surface area contributed by atoms with Crippen molar-refractivity contribution in [2.24, 2.45) is 0 Å². The first kappa shape index (κ1) is 22.2. The molecule has 1 atom stereocenters. The number of methoxy groups -OCH3 is 1. The first-order valence-corrected chi connectivity index (χ1v) is 12.0. The molecular formula is C29H30N2O3. The minimum absolute atomic E-state index is 0.0770. The number of esters is 1. The Morgan fingerprint density at radius 3 is 2.79 bits per heavy atom. The summed E-state index contributed by atoms with van der Waals surface area (Å²) in [7, 11) is 1.43. The van der Waals surface area contributed by atoms with E-state index in [2.05, 4.69) is 73.0 Å². The molecule has 1 aliphatic heterocycles. The van der Waals surface area contributed by atoms with Crippen LogP contribution in [-0.4, -0.2) is 29.2 Å². The Balaban J connectivity index is 1.38. The highest BCUT2D eigenvalue weighted by molar-refractivity contribution is 5.78. The predicted molar refractivity (Wildman–Crippen MR) is 134 cm³/mol. The van der Waals surface area contributed by atoms with E-state index < -0.39 is 0 Å². The Bertz CT molecular complexity index is 1360. The zero-order valence-corrected chi connectivity index (χ0v) is 20.0. The summed E-state index contributed by atoms with van der Waals surface area (Å²) >= 11 is 0. The van der Waals surface area contributed by atoms with Crippen molar-refractivity contribution < 1.29 is 14.3 Å². The van der Waals surface area contributed by atoms with E-state index in [9.17, 15) is 4.79 Å². The van der Waals surface area contributed by atoms with Crippen LogP contribution in [-0.2, 0) is 28.8 Å². The fourth-order valence-corrected chi connectivity index (χ4v) is 4.97. The topological polar surface area (TPSA) is 53.4 Å². The molecule has 5 nitrogen and oxygen atoms in total. The molecule has 174 valence electrons. The molecule has 5 heteroatoms. The van der Waals surface area contributed by atoms with Gasteiger partial charge in [0.2, 0.25) is 0 Å². The van der Waals surface area contributed by atoms with Crippen molar-refractivity contribution in [2.45, 2.75) is 45.4 Å². The van der Waals surface area contributed by atoms with E-state index in [1.807, 2.05) is 6.07 Å². The quantitative estimate of drug-likeness (QED) is 0.335. The summed E-state index contributed by atoms with van der Waals surface area (Å²) in [6.07, 6.45) is 3.11. The van der Waals surface area contributed by atoms with E-state index in [1.165, 1.54) is 29.5 Å². The number of hydrogen-bond donors (Lipinski definition) is 0. The molecule has 3 aromatic carbocycles. The summed E-state index contributed by atoms with van der Waals surface area (Å²) in [6.45, 7) is 4.90. The lowest BCUT2D eigenvalue weighted by Crippen LogP contribution is -2.09. The molecule has 0 N–H and O–H groups in total. The number of benzene rings is 3. The molecule has 0 radical (unpaired) electrons. The predicted octanol–water partition coefficient (Wildman–Crippen LogP) is 5.72. The molecule has 0 saturated heterocycles. The van der Waals surface area contributed by atoms with Gasteiger partial charge in [0.25, 0.3) is 0 Å². The Hall–Kier alpha value is -3.60. The fourth-order valence-electron chi connectivity index (χ4n) is 4.97. The average molecular weight is 455 g/mol. The summed E-state index contributed by atoms with van der Waals surface area (Å²) in [5.41, 5.74) is 8.35. The van der Waals surface area contributed by atoms with Gasteiger partial charge in [-0.25, -0.2) is 4.98 Å². The van der Waals surface area contributed by atoms with E-state index >= 15 is 0 Å². The van der Waals surface area contributed by atoms with Gasteiger partial charge in [-0.3, -0.25) is 9.36 Å². The van der Waals surface area contributed by atoms with Crippen LogP contribution < -0.4 is 4.74 Å². The molecule has 2 heterocycles. The summed E-state index contributed by atoms with van der Waals surface area (Å²) in [5, 5.41) is 0. The molecule has 1 aliphatic rings. The maximum Gasteiger partial charge on any atom is 0.306 e. The summed E-state index contributed by atoms with van der Waals surface area (Å²) in [4.78, 5) is 16.5. The first-order valence-electron chi connectivity index (χ1n) is 12.0. The molecule has 1 aromatic heterocycles. The van der Waals surface area contributed by atoms with E-state index in [-0.39, 0.29) is 11.9 Å². The normalized spacial score (nSPS) is 14.7. The molecule has 0 aliphatic carbocycles. The number of aryl methyl sites for hydroxylation is 3. The van der Waals surface area contributed by atoms with Crippen LogP contribution in [0.5, 0.6) is 5.75 Å². The van der Waals surface area contributed by atoms with Crippen LogP contribution in [0.1, 0.15) is 47.3 Å². The third-order valence-electron chi connectivity index (χ3n) is 6.89. The van der Waals surface area contributed by atoms with E-state index in [0.717, 1.165) is 47.4 Å². The summed E-state index contributed by atoms with van der Waals surface area (Å²) < 4.78 is 13.0. The number of ether oxygens (including phenoxy) is 2. The van der Waals surface area contributed by atoms with Gasteiger partial charge in [0.05, 0.1) is 36.9 Å². The van der Waals surface area contributed by atoms with Crippen molar-refractivity contribution in [3.63, 3.8) is 0 Å². The number of rotatable bonds is 7. The second-order valence-corrected chi connectivity index (χ2v) is 8.93. The number of imidazole rings is 1. The maximum atomic E-state index is 11.7. The Morgan fingerprint density at radius 1 is 1.12 bits per heavy atom. The van der Waals surface area contributed by atoms with Gasteiger partial charge in [-0.15, -0.1) is 0 Å². The third kappa shape index (κ3) is 4.07. The number of carbonyl (C=O) groups is 1. The van der Waals surface area contributed by atoms with Gasteiger partial charge < -0.3 is 9.47 Å². The second-order valence-electron chi connectivity index (χ2n) is 8.93. The molecule has 0 amide bonds. The number of fused-ring (bicyclic) bond motifs is 2. The first-order chi connectivity index (χ1) is 16.6. The zero-order chi connectivity index (χ0) is 23.7. The van der Waals surface area contributed by atoms with Crippen LogP contribution in [0.3, 0.4) is 0 Å². The molecule has 34 heavy (non-hydrogen) atoms. The van der Waals surface area contributed by atoms with E-state index in [1.54, 1.807) is 0 Å². The van der Waals surface area contributed by atoms with Gasteiger partial charge in [-0.1, -0.05) is 43.3 Å². The molecule has 0 spiro atoms. The minimum Gasteiger partial charge on any atom is -0.493 e. The van der Waals surface area contributed by atoms with Crippen molar-refractivity contribution in [3.05, 3.63) is 88.7 Å². The Kier molecular flexibility index (Phi) is 6.10. The number of hydrogen-bond acceptors (Lipinski definition) is 4. The van der Waals surface area contributed by atoms with Crippen LogP contribution in [0.25, 0.3) is 16.7 Å². The zero-order valence-electron chi connectivity index (χ0n) is 20.0. The Morgan fingerprint density at radius 2 is 1.97 bits per heavy atom. The van der Waals surface area contributed by atoms with Crippen molar-refractivity contribution >= 4 is 17.0 Å². The lowest BCUT2D eigenvalue weighted by molar-refractivity contribution is -0.141. The lowest BCUT2D eigenvalue weighted by Gasteiger charge is -2.15. The van der Waals surface area contributed by atoms with Gasteiger partial charge in [0.1, 0.15) is 11.6 Å². The van der Waals surface area contributed by atoms with Crippen LogP contribution in [0.2, 0.25) is 0 Å². The number of aromatic nitrogens is 2. The third-order valence-corrected chi connectivity index (χ3v) is 6.89. The second kappa shape index (κ2) is 9.34. The molecule has 5 rings (SSSR count). The Labute approximate surface area is 200 Å². The van der Waals surface area contributed by atoms with Gasteiger partial charge in [-0.2, -0.15) is 0 Å². The smallest absolute Gasteiger partial charge is 0.306 e. The number of nitrogens with zero attached hydrogens (tertiary/aromatic N) is 2. The van der Waals surface area contributed by atoms with Crippen molar-refractivity contribution in [3.8, 4) is 11.4 Å². The van der Waals surface area contributed by atoms with Crippen LogP contribution >= 0.6 is 0 Å². The standard InChI is InChI=1S/C29H30N2O3/c1-4-28-30-24-9-5-6-10-26(24)31(28)25-11-7-8-21(19(25)2)14-12-20-13-15-23-22(17-29(32)33-3)18-34-27(23)16-20/h5-11,13,15-16,22H,4,12,14,17-18H2,1-3H3/t22-/m1/s1. The van der Waals surface area contributed by atoms with Crippen LogP contribution in [0.15, 0.2) is 60.7 Å². The SMILES string of the molecule is CCc1nc2ccccc2n1-c1cccc(CCc2ccc3c(c2)OC[C@H]3CC(=O)OC)c1C.